The Labute approximate surface area is 347 Å². The molecule has 0 aliphatic carbocycles. The lowest BCUT2D eigenvalue weighted by atomic mass is 9.86. The maximum atomic E-state index is 2.52. The smallest absolute Gasteiger partial charge is 0.0543 e. The van der Waals surface area contributed by atoms with Gasteiger partial charge in [-0.25, -0.2) is 0 Å². The SMILES string of the molecule is CCCCc1cc(N(c2ccc(C)cc2)c2ccc(C(C)C)cc2)c2ccc3c(CCCC)cc(N(c4ccc(C)cc4)c4ccc(C(C)C)cc4)c4ccc1c2c34. The molecule has 294 valence electrons. The van der Waals surface area contributed by atoms with Gasteiger partial charge in [0.25, 0.3) is 0 Å². The van der Waals surface area contributed by atoms with Crippen molar-refractivity contribution in [2.75, 3.05) is 9.80 Å². The summed E-state index contributed by atoms with van der Waals surface area (Å²) >= 11 is 0. The van der Waals surface area contributed by atoms with Gasteiger partial charge in [0.05, 0.1) is 11.4 Å². The quantitative estimate of drug-likeness (QED) is 0.102. The minimum Gasteiger partial charge on any atom is -0.310 e. The van der Waals surface area contributed by atoms with E-state index in [4.69, 9.17) is 0 Å². The lowest BCUT2D eigenvalue weighted by molar-refractivity contribution is 0.799. The fourth-order valence-corrected chi connectivity index (χ4v) is 8.88. The van der Waals surface area contributed by atoms with E-state index in [0.717, 1.165) is 38.5 Å². The molecular weight excluding hydrogens is 701 g/mol. The minimum absolute atomic E-state index is 0.473. The van der Waals surface area contributed by atoms with Crippen molar-refractivity contribution in [3.8, 4) is 0 Å². The number of nitrogens with zero attached hydrogens (tertiary/aromatic N) is 2. The van der Waals surface area contributed by atoms with E-state index in [1.165, 1.54) is 99.8 Å². The van der Waals surface area contributed by atoms with Crippen LogP contribution in [-0.2, 0) is 12.8 Å². The molecule has 0 bridgehead atoms. The third-order valence-electron chi connectivity index (χ3n) is 12.3. The number of hydrogen-bond donors (Lipinski definition) is 0. The number of aryl methyl sites for hydroxylation is 4. The molecular formula is C56H60N2. The van der Waals surface area contributed by atoms with E-state index in [2.05, 4.69) is 199 Å². The van der Waals surface area contributed by atoms with Gasteiger partial charge in [-0.1, -0.05) is 138 Å². The molecule has 0 radical (unpaired) electrons. The normalized spacial score (nSPS) is 11.8. The van der Waals surface area contributed by atoms with Crippen LogP contribution >= 0.6 is 0 Å². The van der Waals surface area contributed by atoms with Gasteiger partial charge >= 0.3 is 0 Å². The van der Waals surface area contributed by atoms with Gasteiger partial charge in [0.15, 0.2) is 0 Å². The van der Waals surface area contributed by atoms with Gasteiger partial charge in [0.1, 0.15) is 0 Å². The van der Waals surface area contributed by atoms with Crippen molar-refractivity contribution in [3.05, 3.63) is 167 Å². The molecule has 8 rings (SSSR count). The first-order valence-electron chi connectivity index (χ1n) is 21.9. The van der Waals surface area contributed by atoms with Crippen molar-refractivity contribution >= 4 is 66.4 Å². The molecule has 2 heteroatoms. The summed E-state index contributed by atoms with van der Waals surface area (Å²) in [5, 5.41) is 8.12. The summed E-state index contributed by atoms with van der Waals surface area (Å²) in [6.07, 6.45) is 6.69. The summed E-state index contributed by atoms with van der Waals surface area (Å²) in [5.74, 6) is 0.946. The van der Waals surface area contributed by atoms with E-state index < -0.39 is 0 Å². The molecule has 2 nitrogen and oxygen atoms in total. The second-order valence-corrected chi connectivity index (χ2v) is 17.2. The molecule has 0 saturated carbocycles. The van der Waals surface area contributed by atoms with E-state index in [0.29, 0.717) is 11.8 Å². The first-order chi connectivity index (χ1) is 28.2. The van der Waals surface area contributed by atoms with E-state index in [1.54, 1.807) is 0 Å². The van der Waals surface area contributed by atoms with Crippen LogP contribution in [0.2, 0.25) is 0 Å². The minimum atomic E-state index is 0.473. The zero-order chi connectivity index (χ0) is 40.5. The van der Waals surface area contributed by atoms with Gasteiger partial charge in [0, 0.05) is 33.5 Å². The topological polar surface area (TPSA) is 6.48 Å². The number of rotatable bonds is 14. The maximum absolute atomic E-state index is 2.52. The Morgan fingerprint density at radius 2 is 0.707 bits per heavy atom. The van der Waals surface area contributed by atoms with Crippen molar-refractivity contribution in [2.24, 2.45) is 0 Å². The zero-order valence-electron chi connectivity index (χ0n) is 36.0. The van der Waals surface area contributed by atoms with Crippen LogP contribution in [0.25, 0.3) is 32.3 Å². The Balaban J connectivity index is 1.47. The Hall–Kier alpha value is -5.60. The lowest BCUT2D eigenvalue weighted by Gasteiger charge is -2.31. The van der Waals surface area contributed by atoms with Gasteiger partial charge < -0.3 is 9.80 Å². The molecule has 0 spiro atoms. The molecule has 0 aliphatic rings. The van der Waals surface area contributed by atoms with Gasteiger partial charge in [-0.15, -0.1) is 0 Å². The molecule has 0 unspecified atom stereocenters. The predicted octanol–water partition coefficient (Wildman–Crippen LogP) is 17.1. The molecule has 0 saturated heterocycles. The number of anilines is 6. The van der Waals surface area contributed by atoms with E-state index in [1.807, 2.05) is 0 Å². The first kappa shape index (κ1) is 39.2. The Morgan fingerprint density at radius 3 is 1.02 bits per heavy atom. The Bertz CT molecular complexity index is 2440. The molecule has 0 N–H and O–H groups in total. The zero-order valence-corrected chi connectivity index (χ0v) is 36.0. The highest BCUT2D eigenvalue weighted by Gasteiger charge is 2.25. The number of unbranched alkanes of at least 4 members (excludes halogenated alkanes) is 2. The third-order valence-corrected chi connectivity index (χ3v) is 12.3. The average molecular weight is 761 g/mol. The third kappa shape index (κ3) is 7.46. The van der Waals surface area contributed by atoms with Crippen molar-refractivity contribution in [3.63, 3.8) is 0 Å². The Morgan fingerprint density at radius 1 is 0.397 bits per heavy atom. The average Bonchev–Trinajstić information content (AvgIpc) is 3.24. The van der Waals surface area contributed by atoms with E-state index in [9.17, 15) is 0 Å². The molecule has 8 aromatic rings. The second kappa shape index (κ2) is 16.7. The van der Waals surface area contributed by atoms with Crippen molar-refractivity contribution in [2.45, 2.75) is 106 Å². The van der Waals surface area contributed by atoms with Crippen molar-refractivity contribution in [1.82, 2.24) is 0 Å². The molecule has 0 aliphatic heterocycles. The molecule has 0 heterocycles. The molecule has 0 atom stereocenters. The molecule has 8 aromatic carbocycles. The van der Waals surface area contributed by atoms with Crippen LogP contribution in [0.4, 0.5) is 34.1 Å². The summed E-state index contributed by atoms with van der Waals surface area (Å²) < 4.78 is 0. The molecule has 58 heavy (non-hydrogen) atoms. The highest BCUT2D eigenvalue weighted by atomic mass is 15.1. The Kier molecular flexibility index (Phi) is 11.3. The molecule has 0 amide bonds. The lowest BCUT2D eigenvalue weighted by Crippen LogP contribution is -2.13. The highest BCUT2D eigenvalue weighted by Crippen LogP contribution is 2.50. The van der Waals surface area contributed by atoms with Crippen LogP contribution < -0.4 is 9.80 Å². The van der Waals surface area contributed by atoms with Crippen molar-refractivity contribution < 1.29 is 0 Å². The van der Waals surface area contributed by atoms with Crippen LogP contribution in [-0.4, -0.2) is 0 Å². The largest absolute Gasteiger partial charge is 0.310 e. The summed E-state index contributed by atoms with van der Waals surface area (Å²) in [6.45, 7) is 18.1. The fourth-order valence-electron chi connectivity index (χ4n) is 8.88. The monoisotopic (exact) mass is 760 g/mol. The van der Waals surface area contributed by atoms with Gasteiger partial charge in [-0.2, -0.15) is 0 Å². The van der Waals surface area contributed by atoms with Gasteiger partial charge in [0.2, 0.25) is 0 Å². The standard InChI is InChI=1S/C56H60N2/c1-9-11-13-43-35-53(57(45-23-15-39(7)16-24-45)47-27-19-41(20-28-47)37(3)4)51-34-32-50-44(14-12-10-2)36-54(52-33-31-49(43)55(51)56(50)52)58(46-25-17-40(8)18-26-46)48-29-21-42(22-30-48)38(5)6/h15-38H,9-14H2,1-8H3. The predicted molar refractivity (Wildman–Crippen MR) is 254 cm³/mol. The van der Waals surface area contributed by atoms with Crippen LogP contribution in [0.1, 0.15) is 112 Å². The van der Waals surface area contributed by atoms with Gasteiger partial charge in [-0.3, -0.25) is 0 Å². The fraction of sp³-hybridized carbons (Fsp3) is 0.286. The van der Waals surface area contributed by atoms with Gasteiger partial charge in [-0.05, 0) is 156 Å². The first-order valence-corrected chi connectivity index (χ1v) is 21.9. The summed E-state index contributed by atoms with van der Waals surface area (Å²) in [7, 11) is 0. The summed E-state index contributed by atoms with van der Waals surface area (Å²) in [6, 6.07) is 51.5. The number of benzene rings is 8. The van der Waals surface area contributed by atoms with E-state index in [-0.39, 0.29) is 0 Å². The molecule has 0 fully saturated rings. The van der Waals surface area contributed by atoms with E-state index >= 15 is 0 Å². The molecule has 0 aromatic heterocycles. The van der Waals surface area contributed by atoms with Crippen LogP contribution in [0.15, 0.2) is 133 Å². The second-order valence-electron chi connectivity index (χ2n) is 17.2. The van der Waals surface area contributed by atoms with Crippen LogP contribution in [0, 0.1) is 13.8 Å². The summed E-state index contributed by atoms with van der Waals surface area (Å²) in [5.41, 5.74) is 15.3. The van der Waals surface area contributed by atoms with Crippen LogP contribution in [0.5, 0.6) is 0 Å². The maximum Gasteiger partial charge on any atom is 0.0543 e. The summed E-state index contributed by atoms with van der Waals surface area (Å²) in [4.78, 5) is 5.03. The highest BCUT2D eigenvalue weighted by molar-refractivity contribution is 6.29. The van der Waals surface area contributed by atoms with Crippen LogP contribution in [0.3, 0.4) is 0 Å². The van der Waals surface area contributed by atoms with Crippen molar-refractivity contribution in [1.29, 1.82) is 0 Å². The number of hydrogen-bond acceptors (Lipinski definition) is 2.